The number of carbonyl (C=O) groups is 1. The van der Waals surface area contributed by atoms with Gasteiger partial charge < -0.3 is 14.8 Å². The van der Waals surface area contributed by atoms with Crippen molar-refractivity contribution >= 4 is 22.5 Å². The largest absolute Gasteiger partial charge is 0.494 e. The van der Waals surface area contributed by atoms with Crippen LogP contribution in [0.4, 0.5) is 5.69 Å². The van der Waals surface area contributed by atoms with E-state index in [4.69, 9.17) is 9.47 Å². The zero-order valence-corrected chi connectivity index (χ0v) is 17.5. The van der Waals surface area contributed by atoms with Gasteiger partial charge >= 0.3 is 0 Å². The first kappa shape index (κ1) is 21.0. The van der Waals surface area contributed by atoms with Gasteiger partial charge in [-0.2, -0.15) is 0 Å². The first-order valence-corrected chi connectivity index (χ1v) is 10.3. The highest BCUT2D eigenvalue weighted by atomic mass is 16.5. The molecule has 0 unspecified atom stereocenters. The predicted molar refractivity (Wildman–Crippen MR) is 121 cm³/mol. The summed E-state index contributed by atoms with van der Waals surface area (Å²) in [6.07, 6.45) is 0.0598. The summed E-state index contributed by atoms with van der Waals surface area (Å²) in [5, 5.41) is 11.3. The van der Waals surface area contributed by atoms with Crippen molar-refractivity contribution in [3.05, 3.63) is 83.2 Å². The number of hydrogen-bond donors (Lipinski definition) is 1. The maximum atomic E-state index is 12.5. The maximum Gasteiger partial charge on any atom is 0.277 e. The number of benzene rings is 3. The highest BCUT2D eigenvalue weighted by molar-refractivity contribution is 5.92. The smallest absolute Gasteiger partial charge is 0.277 e. The number of para-hydroxylation sites is 2. The number of nitrogens with one attached hydrogen (secondary N) is 1. The zero-order chi connectivity index (χ0) is 22.3. The molecule has 0 bridgehead atoms. The van der Waals surface area contributed by atoms with Gasteiger partial charge in [0.1, 0.15) is 17.0 Å². The van der Waals surface area contributed by atoms with Gasteiger partial charge in [-0.1, -0.05) is 29.5 Å². The quantitative estimate of drug-likeness (QED) is 0.454. The normalized spacial score (nSPS) is 10.7. The number of fused-ring (bicyclic) bond motifs is 1. The van der Waals surface area contributed by atoms with Crippen molar-refractivity contribution in [3.63, 3.8) is 0 Å². The number of aryl methyl sites for hydroxylation is 1. The fourth-order valence-electron chi connectivity index (χ4n) is 3.15. The van der Waals surface area contributed by atoms with Crippen molar-refractivity contribution in [1.82, 2.24) is 15.0 Å². The molecule has 0 aliphatic heterocycles. The lowest BCUT2D eigenvalue weighted by atomic mass is 10.2. The van der Waals surface area contributed by atoms with E-state index in [0.29, 0.717) is 34.7 Å². The Morgan fingerprint density at radius 3 is 2.50 bits per heavy atom. The minimum atomic E-state index is -0.275. The lowest BCUT2D eigenvalue weighted by Gasteiger charge is -2.13. The van der Waals surface area contributed by atoms with E-state index in [-0.39, 0.29) is 24.4 Å². The van der Waals surface area contributed by atoms with Crippen molar-refractivity contribution in [1.29, 1.82) is 0 Å². The second-order valence-electron chi connectivity index (χ2n) is 6.94. The number of nitrogens with zero attached hydrogens (tertiary/aromatic N) is 3. The lowest BCUT2D eigenvalue weighted by molar-refractivity contribution is -0.116. The molecule has 8 heteroatoms. The number of anilines is 1. The Bertz CT molecular complexity index is 1290. The molecule has 0 aliphatic rings. The van der Waals surface area contributed by atoms with E-state index in [0.717, 1.165) is 5.75 Å². The maximum absolute atomic E-state index is 12.5. The van der Waals surface area contributed by atoms with Crippen LogP contribution < -0.4 is 20.3 Å². The summed E-state index contributed by atoms with van der Waals surface area (Å²) in [7, 11) is 0. The highest BCUT2D eigenvalue weighted by Crippen LogP contribution is 2.30. The molecule has 1 heterocycles. The number of rotatable bonds is 8. The number of aromatic nitrogens is 3. The van der Waals surface area contributed by atoms with E-state index >= 15 is 0 Å². The first-order chi connectivity index (χ1) is 15.6. The summed E-state index contributed by atoms with van der Waals surface area (Å²) >= 11 is 0. The van der Waals surface area contributed by atoms with Crippen molar-refractivity contribution < 1.29 is 14.3 Å². The molecule has 0 radical (unpaired) electrons. The Morgan fingerprint density at radius 2 is 1.69 bits per heavy atom. The molecule has 4 rings (SSSR count). The Balaban J connectivity index is 1.42. The fourth-order valence-corrected chi connectivity index (χ4v) is 3.15. The lowest BCUT2D eigenvalue weighted by Crippen LogP contribution is -2.26. The van der Waals surface area contributed by atoms with Gasteiger partial charge in [-0.25, -0.2) is 4.68 Å². The van der Waals surface area contributed by atoms with Crippen molar-refractivity contribution in [2.75, 3.05) is 11.9 Å². The number of carbonyl (C=O) groups excluding carboxylic acids is 1. The molecular weight excluding hydrogens is 408 g/mol. The standard InChI is InChI=1S/C24H22N4O4/c1-2-31-17-11-13-18(14-12-17)32-22-10-6-5-9-21(22)25-23(29)15-16-28-24(30)19-7-3-4-8-20(19)26-27-28/h3-14H,2,15-16H2,1H3,(H,25,29). The first-order valence-electron chi connectivity index (χ1n) is 10.3. The number of hydrogen-bond acceptors (Lipinski definition) is 6. The van der Waals surface area contributed by atoms with Crippen molar-refractivity contribution in [2.24, 2.45) is 0 Å². The molecular formula is C24H22N4O4. The fraction of sp³-hybridized carbons (Fsp3) is 0.167. The van der Waals surface area contributed by atoms with Crippen LogP contribution in [0.1, 0.15) is 13.3 Å². The van der Waals surface area contributed by atoms with Gasteiger partial charge in [0.15, 0.2) is 5.75 Å². The van der Waals surface area contributed by atoms with E-state index in [9.17, 15) is 9.59 Å². The molecule has 0 spiro atoms. The SMILES string of the molecule is CCOc1ccc(Oc2ccccc2NC(=O)CCn2nnc3ccccc3c2=O)cc1. The van der Waals surface area contributed by atoms with E-state index < -0.39 is 0 Å². The molecule has 1 aromatic heterocycles. The van der Waals surface area contributed by atoms with E-state index in [1.807, 2.05) is 25.1 Å². The minimum absolute atomic E-state index is 0.0598. The van der Waals surface area contributed by atoms with Crippen LogP contribution in [0, 0.1) is 0 Å². The van der Waals surface area contributed by atoms with Crippen LogP contribution in [0.2, 0.25) is 0 Å². The van der Waals surface area contributed by atoms with Crippen molar-refractivity contribution in [2.45, 2.75) is 19.9 Å². The third-order valence-corrected chi connectivity index (χ3v) is 4.70. The topological polar surface area (TPSA) is 95.3 Å². The summed E-state index contributed by atoms with van der Waals surface area (Å²) in [5.74, 6) is 1.61. The minimum Gasteiger partial charge on any atom is -0.494 e. The van der Waals surface area contributed by atoms with Gasteiger partial charge in [-0.15, -0.1) is 5.10 Å². The molecule has 8 nitrogen and oxygen atoms in total. The molecule has 1 amide bonds. The summed E-state index contributed by atoms with van der Waals surface area (Å²) in [6.45, 7) is 2.63. The molecule has 0 saturated carbocycles. The summed E-state index contributed by atoms with van der Waals surface area (Å²) in [6, 6.07) is 21.4. The second kappa shape index (κ2) is 9.74. The van der Waals surface area contributed by atoms with E-state index in [1.165, 1.54) is 4.68 Å². The molecule has 0 atom stereocenters. The molecule has 1 N–H and O–H groups in total. The van der Waals surface area contributed by atoms with Gasteiger partial charge in [-0.3, -0.25) is 9.59 Å². The van der Waals surface area contributed by atoms with E-state index in [1.54, 1.807) is 54.6 Å². The van der Waals surface area contributed by atoms with Crippen LogP contribution in [0.25, 0.3) is 10.9 Å². The summed E-state index contributed by atoms with van der Waals surface area (Å²) in [4.78, 5) is 25.1. The number of ether oxygens (including phenoxy) is 2. The van der Waals surface area contributed by atoms with Crippen LogP contribution in [0.3, 0.4) is 0 Å². The molecule has 3 aromatic carbocycles. The van der Waals surface area contributed by atoms with Gasteiger partial charge in [0.05, 0.1) is 24.2 Å². The average Bonchev–Trinajstić information content (AvgIpc) is 2.81. The van der Waals surface area contributed by atoms with Crippen LogP contribution >= 0.6 is 0 Å². The van der Waals surface area contributed by atoms with Gasteiger partial charge in [0.25, 0.3) is 5.56 Å². The molecule has 32 heavy (non-hydrogen) atoms. The average molecular weight is 430 g/mol. The Labute approximate surface area is 184 Å². The van der Waals surface area contributed by atoms with Gasteiger partial charge in [-0.05, 0) is 55.5 Å². The predicted octanol–water partition coefficient (Wildman–Crippen LogP) is 4.01. The second-order valence-corrected chi connectivity index (χ2v) is 6.94. The molecule has 0 fully saturated rings. The monoisotopic (exact) mass is 430 g/mol. The Kier molecular flexibility index (Phi) is 6.41. The molecule has 0 aliphatic carbocycles. The summed E-state index contributed by atoms with van der Waals surface area (Å²) < 4.78 is 12.6. The van der Waals surface area contributed by atoms with Gasteiger partial charge in [0, 0.05) is 6.42 Å². The molecule has 162 valence electrons. The van der Waals surface area contributed by atoms with E-state index in [2.05, 4.69) is 15.6 Å². The van der Waals surface area contributed by atoms with Crippen LogP contribution in [-0.2, 0) is 11.3 Å². The third kappa shape index (κ3) is 4.92. The van der Waals surface area contributed by atoms with Crippen molar-refractivity contribution in [3.8, 4) is 17.2 Å². The molecule has 4 aromatic rings. The van der Waals surface area contributed by atoms with Gasteiger partial charge in [0.2, 0.25) is 5.91 Å². The van der Waals surface area contributed by atoms with Crippen LogP contribution in [0.15, 0.2) is 77.6 Å². The Morgan fingerprint density at radius 1 is 0.969 bits per heavy atom. The number of amides is 1. The Hall–Kier alpha value is -4.20. The third-order valence-electron chi connectivity index (χ3n) is 4.70. The zero-order valence-electron chi connectivity index (χ0n) is 17.5. The van der Waals surface area contributed by atoms with Crippen LogP contribution in [0.5, 0.6) is 17.2 Å². The molecule has 0 saturated heterocycles. The van der Waals surface area contributed by atoms with Crippen LogP contribution in [-0.4, -0.2) is 27.5 Å². The highest BCUT2D eigenvalue weighted by Gasteiger charge is 2.11. The summed E-state index contributed by atoms with van der Waals surface area (Å²) in [5.41, 5.74) is 0.782.